The number of hydrogen-bond donors (Lipinski definition) is 1. The summed E-state index contributed by atoms with van der Waals surface area (Å²) in [6.07, 6.45) is 0.775. The van der Waals surface area contributed by atoms with Gasteiger partial charge in [0.15, 0.2) is 5.75 Å². The molecule has 0 spiro atoms. The van der Waals surface area contributed by atoms with Gasteiger partial charge >= 0.3 is 11.7 Å². The van der Waals surface area contributed by atoms with Crippen LogP contribution in [0.4, 0.5) is 11.4 Å². The van der Waals surface area contributed by atoms with Gasteiger partial charge in [-0.05, 0) is 27.1 Å². The van der Waals surface area contributed by atoms with Crippen molar-refractivity contribution < 1.29 is 34.0 Å². The van der Waals surface area contributed by atoms with E-state index in [2.05, 4.69) is 0 Å². The summed E-state index contributed by atoms with van der Waals surface area (Å²) in [4.78, 5) is 33.7. The van der Waals surface area contributed by atoms with Crippen LogP contribution in [0.25, 0.3) is 0 Å². The van der Waals surface area contributed by atoms with Gasteiger partial charge in [-0.1, -0.05) is 0 Å². The summed E-state index contributed by atoms with van der Waals surface area (Å²) in [5.41, 5.74) is -3.08. The standard InChI is InChI=1S/C15H21N3O9/c1-16(2)5-4-6-26-7-8-27-14-11(25-3)9-10(17(21)22)12(15(19)20)13(14)18(23)24/h9H,4-8H2,1-3H3,(H,19,20). The molecular weight excluding hydrogens is 366 g/mol. The molecule has 0 amide bonds. The molecule has 0 radical (unpaired) electrons. The van der Waals surface area contributed by atoms with Crippen LogP contribution in [0.15, 0.2) is 6.07 Å². The highest BCUT2D eigenvalue weighted by atomic mass is 16.6. The predicted molar refractivity (Wildman–Crippen MR) is 92.7 cm³/mol. The first-order chi connectivity index (χ1) is 12.7. The Kier molecular flexibility index (Phi) is 8.35. The molecule has 1 aromatic carbocycles. The van der Waals surface area contributed by atoms with Crippen molar-refractivity contribution in [3.63, 3.8) is 0 Å². The summed E-state index contributed by atoms with van der Waals surface area (Å²) in [6.45, 7) is 1.23. The maximum Gasteiger partial charge on any atom is 0.350 e. The molecule has 1 rings (SSSR count). The van der Waals surface area contributed by atoms with Gasteiger partial charge in [-0.15, -0.1) is 0 Å². The van der Waals surface area contributed by atoms with Gasteiger partial charge in [-0.2, -0.15) is 0 Å². The highest BCUT2D eigenvalue weighted by molar-refractivity contribution is 5.99. The lowest BCUT2D eigenvalue weighted by Gasteiger charge is -2.13. The first-order valence-electron chi connectivity index (χ1n) is 7.83. The Labute approximate surface area is 154 Å². The normalized spacial score (nSPS) is 10.7. The molecule has 0 saturated carbocycles. The monoisotopic (exact) mass is 387 g/mol. The fourth-order valence-corrected chi connectivity index (χ4v) is 2.22. The fraction of sp³-hybridized carbons (Fsp3) is 0.533. The molecule has 0 saturated heterocycles. The van der Waals surface area contributed by atoms with Crippen molar-refractivity contribution in [3.8, 4) is 11.5 Å². The van der Waals surface area contributed by atoms with Crippen LogP contribution >= 0.6 is 0 Å². The summed E-state index contributed by atoms with van der Waals surface area (Å²) in [5.74, 6) is -2.63. The smallest absolute Gasteiger partial charge is 0.350 e. The zero-order valence-electron chi connectivity index (χ0n) is 15.2. The van der Waals surface area contributed by atoms with Crippen molar-refractivity contribution in [2.45, 2.75) is 6.42 Å². The number of nitrogens with zero attached hydrogens (tertiary/aromatic N) is 3. The number of carbonyl (C=O) groups is 1. The van der Waals surface area contributed by atoms with E-state index in [9.17, 15) is 30.1 Å². The van der Waals surface area contributed by atoms with Crippen molar-refractivity contribution in [2.75, 3.05) is 47.6 Å². The van der Waals surface area contributed by atoms with E-state index < -0.39 is 38.5 Å². The number of methoxy groups -OCH3 is 1. The molecule has 0 bridgehead atoms. The number of rotatable bonds is 12. The second-order valence-electron chi connectivity index (χ2n) is 5.59. The molecule has 0 atom stereocenters. The molecule has 0 fully saturated rings. The molecule has 0 aliphatic heterocycles. The molecule has 27 heavy (non-hydrogen) atoms. The summed E-state index contributed by atoms with van der Waals surface area (Å²) < 4.78 is 15.5. The minimum absolute atomic E-state index is 0.0904. The average molecular weight is 387 g/mol. The minimum atomic E-state index is -1.82. The number of carboxylic acids is 1. The van der Waals surface area contributed by atoms with Gasteiger partial charge in [0.05, 0.1) is 29.6 Å². The number of ether oxygens (including phenoxy) is 3. The van der Waals surface area contributed by atoms with Gasteiger partial charge in [0.25, 0.3) is 5.69 Å². The molecule has 0 unspecified atom stereocenters. The third-order valence-corrected chi connectivity index (χ3v) is 3.38. The molecule has 0 aliphatic carbocycles. The van der Waals surface area contributed by atoms with Crippen molar-refractivity contribution in [2.24, 2.45) is 0 Å². The van der Waals surface area contributed by atoms with E-state index in [0.717, 1.165) is 26.1 Å². The molecule has 12 heteroatoms. The van der Waals surface area contributed by atoms with Crippen molar-refractivity contribution >= 4 is 17.3 Å². The van der Waals surface area contributed by atoms with Crippen molar-refractivity contribution in [1.82, 2.24) is 4.90 Å². The molecule has 1 N–H and O–H groups in total. The minimum Gasteiger partial charge on any atom is -0.492 e. The highest BCUT2D eigenvalue weighted by Crippen LogP contribution is 2.44. The molecule has 1 aromatic rings. The van der Waals surface area contributed by atoms with Crippen LogP contribution in [-0.4, -0.2) is 73.4 Å². The number of nitro groups is 2. The molecule has 12 nitrogen and oxygen atoms in total. The number of nitro benzene ring substituents is 2. The van der Waals surface area contributed by atoms with Crippen molar-refractivity contribution in [1.29, 1.82) is 0 Å². The zero-order valence-corrected chi connectivity index (χ0v) is 15.2. The third-order valence-electron chi connectivity index (χ3n) is 3.38. The van der Waals surface area contributed by atoms with Gasteiger partial charge in [0, 0.05) is 6.61 Å². The summed E-state index contributed by atoms with van der Waals surface area (Å²) in [6, 6.07) is 0.781. The van der Waals surface area contributed by atoms with Crippen LogP contribution in [0.3, 0.4) is 0 Å². The summed E-state index contributed by atoms with van der Waals surface area (Å²) >= 11 is 0. The average Bonchev–Trinajstić information content (AvgIpc) is 2.58. The zero-order chi connectivity index (χ0) is 20.6. The van der Waals surface area contributed by atoms with E-state index >= 15 is 0 Å². The lowest BCUT2D eigenvalue weighted by molar-refractivity contribution is -0.395. The van der Waals surface area contributed by atoms with E-state index in [4.69, 9.17) is 14.2 Å². The molecule has 150 valence electrons. The molecule has 0 aromatic heterocycles. The van der Waals surface area contributed by atoms with E-state index in [-0.39, 0.29) is 19.0 Å². The van der Waals surface area contributed by atoms with Gasteiger partial charge in [0.2, 0.25) is 11.3 Å². The van der Waals surface area contributed by atoms with Crippen LogP contribution in [0.1, 0.15) is 16.8 Å². The maximum atomic E-state index is 11.4. The maximum absolute atomic E-state index is 11.4. The SMILES string of the molecule is COc1cc([N+](=O)[O-])c(C(=O)O)c([N+](=O)[O-])c1OCCOCCCN(C)C. The molecular formula is C15H21N3O9. The van der Waals surface area contributed by atoms with E-state index in [1.54, 1.807) is 0 Å². The largest absolute Gasteiger partial charge is 0.492 e. The Bertz CT molecular complexity index is 706. The Hall–Kier alpha value is -2.99. The Morgan fingerprint density at radius 2 is 1.85 bits per heavy atom. The summed E-state index contributed by atoms with van der Waals surface area (Å²) in [5, 5.41) is 31.7. The second kappa shape index (κ2) is 10.2. The van der Waals surface area contributed by atoms with Gasteiger partial charge < -0.3 is 24.2 Å². The van der Waals surface area contributed by atoms with Crippen LogP contribution in [0.5, 0.6) is 11.5 Å². The molecule has 0 aliphatic rings. The van der Waals surface area contributed by atoms with E-state index in [0.29, 0.717) is 6.61 Å². The Morgan fingerprint density at radius 3 is 2.33 bits per heavy atom. The van der Waals surface area contributed by atoms with Gasteiger partial charge in [-0.25, -0.2) is 4.79 Å². The van der Waals surface area contributed by atoms with Crippen LogP contribution in [0, 0.1) is 20.2 Å². The van der Waals surface area contributed by atoms with Gasteiger partial charge in [0.1, 0.15) is 6.61 Å². The lowest BCUT2D eigenvalue weighted by atomic mass is 10.1. The first kappa shape index (κ1) is 22.1. The number of carboxylic acid groups (broad SMARTS) is 1. The van der Waals surface area contributed by atoms with Crippen molar-refractivity contribution in [3.05, 3.63) is 31.9 Å². The topological polar surface area (TPSA) is 155 Å². The van der Waals surface area contributed by atoms with Gasteiger partial charge in [-0.3, -0.25) is 20.2 Å². The predicted octanol–water partition coefficient (Wildman–Crippen LogP) is 1.56. The Morgan fingerprint density at radius 1 is 1.19 bits per heavy atom. The first-order valence-corrected chi connectivity index (χ1v) is 7.83. The third kappa shape index (κ3) is 6.04. The van der Waals surface area contributed by atoms with E-state index in [1.165, 1.54) is 0 Å². The van der Waals surface area contributed by atoms with E-state index in [1.807, 2.05) is 19.0 Å². The number of aromatic carboxylic acids is 1. The highest BCUT2D eigenvalue weighted by Gasteiger charge is 2.38. The van der Waals surface area contributed by atoms with Crippen LogP contribution < -0.4 is 9.47 Å². The number of hydrogen-bond acceptors (Lipinski definition) is 9. The molecule has 0 heterocycles. The van der Waals surface area contributed by atoms with Crippen LogP contribution in [0.2, 0.25) is 0 Å². The summed E-state index contributed by atoms with van der Waals surface area (Å²) in [7, 11) is 4.97. The Balaban J connectivity index is 3.04. The van der Waals surface area contributed by atoms with Crippen LogP contribution in [-0.2, 0) is 4.74 Å². The quantitative estimate of drug-likeness (QED) is 0.317. The number of benzene rings is 1. The second-order valence-corrected chi connectivity index (χ2v) is 5.59. The fourth-order valence-electron chi connectivity index (χ4n) is 2.22. The lowest BCUT2D eigenvalue weighted by Crippen LogP contribution is -2.16.